The summed E-state index contributed by atoms with van der Waals surface area (Å²) in [7, 11) is 0. The first kappa shape index (κ1) is 26.7. The van der Waals surface area contributed by atoms with Gasteiger partial charge in [0.1, 0.15) is 23.9 Å². The molecule has 0 aliphatic carbocycles. The Balaban J connectivity index is 1.69. The van der Waals surface area contributed by atoms with E-state index in [-0.39, 0.29) is 11.3 Å². The fraction of sp³-hybridized carbons (Fsp3) is 0.258. The molecule has 4 rings (SSSR count). The van der Waals surface area contributed by atoms with E-state index in [4.69, 9.17) is 9.47 Å². The summed E-state index contributed by atoms with van der Waals surface area (Å²) in [5, 5.41) is 11.3. The number of hydrogen-bond donors (Lipinski definition) is 1. The molecule has 1 heterocycles. The van der Waals surface area contributed by atoms with Crippen molar-refractivity contribution < 1.29 is 29.0 Å². The number of rotatable bonds is 9. The second kappa shape index (κ2) is 11.8. The minimum atomic E-state index is -0.762. The highest BCUT2D eigenvalue weighted by Gasteiger charge is 2.45. The molecule has 0 bridgehead atoms. The van der Waals surface area contributed by atoms with E-state index in [9.17, 15) is 19.5 Å². The number of aliphatic hydroxyl groups is 1. The fourth-order valence-corrected chi connectivity index (χ4v) is 4.52. The largest absolute Gasteiger partial charge is 0.507 e. The molecule has 0 saturated carbocycles. The number of benzene rings is 3. The zero-order valence-corrected chi connectivity index (χ0v) is 21.8. The number of likely N-dealkylation sites (tertiary alicyclic amines) is 1. The van der Waals surface area contributed by atoms with Crippen LogP contribution in [0.5, 0.6) is 11.5 Å². The minimum Gasteiger partial charge on any atom is -0.507 e. The normalized spacial score (nSPS) is 16.5. The predicted octanol–water partition coefficient (Wildman–Crippen LogP) is 5.72. The van der Waals surface area contributed by atoms with Crippen LogP contribution in [-0.4, -0.2) is 34.2 Å². The highest BCUT2D eigenvalue weighted by atomic mass is 16.5. The summed E-state index contributed by atoms with van der Waals surface area (Å²) in [4.78, 5) is 39.0. The molecular weight excluding hydrogens is 482 g/mol. The fourth-order valence-electron chi connectivity index (χ4n) is 4.52. The topological polar surface area (TPSA) is 93.1 Å². The van der Waals surface area contributed by atoms with Crippen molar-refractivity contribution in [3.05, 3.63) is 101 Å². The Kier molecular flexibility index (Phi) is 8.26. The van der Waals surface area contributed by atoms with Gasteiger partial charge < -0.3 is 19.5 Å². The van der Waals surface area contributed by atoms with E-state index < -0.39 is 23.7 Å². The molecule has 0 radical (unpaired) electrons. The highest BCUT2D eigenvalue weighted by molar-refractivity contribution is 6.46. The third-order valence-corrected chi connectivity index (χ3v) is 6.44. The smallest absolute Gasteiger partial charge is 0.308 e. The van der Waals surface area contributed by atoms with Crippen molar-refractivity contribution in [3.8, 4) is 11.5 Å². The van der Waals surface area contributed by atoms with Gasteiger partial charge in [-0.3, -0.25) is 14.4 Å². The van der Waals surface area contributed by atoms with Crippen molar-refractivity contribution in [1.82, 2.24) is 4.90 Å². The van der Waals surface area contributed by atoms with Gasteiger partial charge in [0.2, 0.25) is 0 Å². The molecule has 7 heteroatoms. The average molecular weight is 514 g/mol. The molecule has 38 heavy (non-hydrogen) atoms. The maximum Gasteiger partial charge on any atom is 0.308 e. The molecule has 1 fully saturated rings. The van der Waals surface area contributed by atoms with Crippen molar-refractivity contribution in [2.24, 2.45) is 0 Å². The Labute approximate surface area is 222 Å². The van der Waals surface area contributed by atoms with Crippen LogP contribution in [0.1, 0.15) is 55.0 Å². The molecule has 1 saturated heterocycles. The molecule has 1 aliphatic heterocycles. The van der Waals surface area contributed by atoms with Gasteiger partial charge in [-0.1, -0.05) is 55.8 Å². The van der Waals surface area contributed by atoms with E-state index in [0.717, 1.165) is 17.5 Å². The quantitative estimate of drug-likeness (QED) is 0.129. The van der Waals surface area contributed by atoms with Gasteiger partial charge in [-0.15, -0.1) is 0 Å². The van der Waals surface area contributed by atoms with Gasteiger partial charge in [0, 0.05) is 19.0 Å². The summed E-state index contributed by atoms with van der Waals surface area (Å²) in [5.41, 5.74) is 2.91. The van der Waals surface area contributed by atoms with Crippen molar-refractivity contribution >= 4 is 23.4 Å². The molecular formula is C31H31NO6. The number of esters is 1. The predicted molar refractivity (Wildman–Crippen MR) is 144 cm³/mol. The van der Waals surface area contributed by atoms with Crippen molar-refractivity contribution in [3.63, 3.8) is 0 Å². The second-order valence-electron chi connectivity index (χ2n) is 9.26. The molecule has 1 amide bonds. The van der Waals surface area contributed by atoms with Gasteiger partial charge in [0.25, 0.3) is 11.7 Å². The van der Waals surface area contributed by atoms with Crippen LogP contribution in [0.15, 0.2) is 78.4 Å². The lowest BCUT2D eigenvalue weighted by Crippen LogP contribution is -2.30. The van der Waals surface area contributed by atoms with Gasteiger partial charge in [0.05, 0.1) is 11.6 Å². The number of hydrogen-bond acceptors (Lipinski definition) is 6. The maximum atomic E-state index is 13.2. The number of carbonyl (C=O) groups excluding carboxylic acids is 3. The maximum absolute atomic E-state index is 13.2. The van der Waals surface area contributed by atoms with Gasteiger partial charge in [-0.25, -0.2) is 0 Å². The van der Waals surface area contributed by atoms with Crippen LogP contribution in [0.2, 0.25) is 0 Å². The number of unbranched alkanes of at least 4 members (excludes halogenated alkanes) is 1. The van der Waals surface area contributed by atoms with Crippen molar-refractivity contribution in [1.29, 1.82) is 0 Å². The monoisotopic (exact) mass is 513 g/mol. The molecule has 7 nitrogen and oxygen atoms in total. The molecule has 1 atom stereocenters. The number of carbonyl (C=O) groups is 3. The van der Waals surface area contributed by atoms with E-state index in [1.807, 2.05) is 44.2 Å². The number of aliphatic hydroxyl groups excluding tert-OH is 1. The zero-order chi connectivity index (χ0) is 27.2. The second-order valence-corrected chi connectivity index (χ2v) is 9.26. The molecule has 0 aromatic heterocycles. The first-order chi connectivity index (χ1) is 18.3. The van der Waals surface area contributed by atoms with Crippen molar-refractivity contribution in [2.75, 3.05) is 6.54 Å². The summed E-state index contributed by atoms with van der Waals surface area (Å²) in [5.74, 6) is -1.05. The summed E-state index contributed by atoms with van der Waals surface area (Å²) in [6.07, 6.45) is 1.55. The lowest BCUT2D eigenvalue weighted by atomic mass is 9.94. The van der Waals surface area contributed by atoms with Crippen LogP contribution < -0.4 is 9.47 Å². The molecule has 1 unspecified atom stereocenters. The van der Waals surface area contributed by atoms with Gasteiger partial charge >= 0.3 is 5.97 Å². The summed E-state index contributed by atoms with van der Waals surface area (Å²) < 4.78 is 11.1. The molecule has 1 N–H and O–H groups in total. The average Bonchev–Trinajstić information content (AvgIpc) is 3.16. The Hall–Kier alpha value is -4.39. The summed E-state index contributed by atoms with van der Waals surface area (Å²) >= 11 is 0. The summed E-state index contributed by atoms with van der Waals surface area (Å²) in [6.45, 7) is 5.96. The van der Waals surface area contributed by atoms with Crippen molar-refractivity contribution in [2.45, 2.75) is 46.3 Å². The molecule has 0 spiro atoms. The van der Waals surface area contributed by atoms with E-state index in [0.29, 0.717) is 42.2 Å². The number of Topliss-reactive ketones (excluding diaryl/α,β-unsaturated/α-hetero) is 1. The van der Waals surface area contributed by atoms with Gasteiger partial charge in [-0.05, 0) is 60.4 Å². The van der Waals surface area contributed by atoms with Crippen LogP contribution in [0.4, 0.5) is 0 Å². The molecule has 3 aromatic carbocycles. The van der Waals surface area contributed by atoms with Crippen LogP contribution in [0.3, 0.4) is 0 Å². The van der Waals surface area contributed by atoms with Crippen LogP contribution in [0.25, 0.3) is 5.76 Å². The Bertz CT molecular complexity index is 1360. The number of amides is 1. The van der Waals surface area contributed by atoms with Crippen LogP contribution in [-0.2, 0) is 21.0 Å². The third-order valence-electron chi connectivity index (χ3n) is 6.44. The minimum absolute atomic E-state index is 0.0312. The Morgan fingerprint density at radius 3 is 2.34 bits per heavy atom. The molecule has 196 valence electrons. The van der Waals surface area contributed by atoms with Crippen LogP contribution in [0, 0.1) is 6.92 Å². The van der Waals surface area contributed by atoms with Crippen LogP contribution >= 0.6 is 0 Å². The van der Waals surface area contributed by atoms with E-state index in [1.54, 1.807) is 42.5 Å². The highest BCUT2D eigenvalue weighted by Crippen LogP contribution is 2.40. The van der Waals surface area contributed by atoms with Gasteiger partial charge in [0.15, 0.2) is 0 Å². The Morgan fingerprint density at radius 1 is 1.00 bits per heavy atom. The number of ketones is 1. The SMILES string of the molecule is CCCCN1C(=O)C(=O)/C(=C(\O)c2ccc(OCc3ccccc3)c(C)c2)C1c1ccc(OC(C)=O)cc1. The first-order valence-corrected chi connectivity index (χ1v) is 12.6. The number of nitrogens with zero attached hydrogens (tertiary/aromatic N) is 1. The number of aryl methyl sites for hydroxylation is 1. The third kappa shape index (κ3) is 5.78. The molecule has 1 aliphatic rings. The lowest BCUT2D eigenvalue weighted by molar-refractivity contribution is -0.139. The number of ether oxygens (including phenoxy) is 2. The van der Waals surface area contributed by atoms with E-state index in [1.165, 1.54) is 11.8 Å². The Morgan fingerprint density at radius 2 is 1.71 bits per heavy atom. The van der Waals surface area contributed by atoms with E-state index >= 15 is 0 Å². The molecule has 3 aromatic rings. The van der Waals surface area contributed by atoms with Gasteiger partial charge in [-0.2, -0.15) is 0 Å². The standard InChI is InChI=1S/C31H31NO6/c1-4-5-17-32-28(23-11-14-25(15-12-23)38-21(3)33)27(30(35)31(32)36)29(34)24-13-16-26(20(2)18-24)37-19-22-9-7-6-8-10-22/h6-16,18,28,34H,4-5,17,19H2,1-3H3/b29-27-. The lowest BCUT2D eigenvalue weighted by Gasteiger charge is -2.25. The summed E-state index contributed by atoms with van der Waals surface area (Å²) in [6, 6.07) is 20.8. The first-order valence-electron chi connectivity index (χ1n) is 12.6. The zero-order valence-electron chi connectivity index (χ0n) is 21.8. The van der Waals surface area contributed by atoms with E-state index in [2.05, 4.69) is 0 Å².